The van der Waals surface area contributed by atoms with Crippen molar-refractivity contribution in [1.82, 2.24) is 9.88 Å². The summed E-state index contributed by atoms with van der Waals surface area (Å²) in [5.41, 5.74) is 2.33. The van der Waals surface area contributed by atoms with Crippen LogP contribution in [-0.4, -0.2) is 55.2 Å². The highest BCUT2D eigenvalue weighted by Crippen LogP contribution is 2.44. The van der Waals surface area contributed by atoms with Gasteiger partial charge in [-0.25, -0.2) is 4.79 Å². The molecule has 4 heterocycles. The summed E-state index contributed by atoms with van der Waals surface area (Å²) in [6, 6.07) is 10.3. The lowest BCUT2D eigenvalue weighted by molar-refractivity contribution is -0.0210. The molecule has 0 saturated carbocycles. The molecule has 0 N–H and O–H groups in total. The predicted molar refractivity (Wildman–Crippen MR) is 120 cm³/mol. The SMILES string of the molecule is O=C1OC2(CCN(c3ccc(OCCCN4CCCCC4)cc3)CC2)c2ccncc21. The van der Waals surface area contributed by atoms with Crippen LogP contribution >= 0.6 is 0 Å². The first-order chi connectivity index (χ1) is 15.2. The van der Waals surface area contributed by atoms with E-state index in [1.54, 1.807) is 12.4 Å². The van der Waals surface area contributed by atoms with Crippen LogP contribution in [0.15, 0.2) is 42.7 Å². The van der Waals surface area contributed by atoms with Crippen molar-refractivity contribution < 1.29 is 14.3 Å². The van der Waals surface area contributed by atoms with Crippen molar-refractivity contribution in [3.8, 4) is 5.75 Å². The number of ether oxygens (including phenoxy) is 2. The molecule has 0 bridgehead atoms. The Kier molecular flexibility index (Phi) is 5.81. The fourth-order valence-corrected chi connectivity index (χ4v) is 5.15. The molecule has 1 aromatic carbocycles. The van der Waals surface area contributed by atoms with Gasteiger partial charge in [0.25, 0.3) is 0 Å². The Morgan fingerprint density at radius 1 is 1.00 bits per heavy atom. The number of nitrogens with zero attached hydrogens (tertiary/aromatic N) is 3. The molecule has 6 nitrogen and oxygen atoms in total. The minimum absolute atomic E-state index is 0.238. The van der Waals surface area contributed by atoms with Gasteiger partial charge in [-0.1, -0.05) is 6.42 Å². The van der Waals surface area contributed by atoms with Crippen LogP contribution in [0.1, 0.15) is 54.4 Å². The summed E-state index contributed by atoms with van der Waals surface area (Å²) in [5, 5.41) is 0. The number of aromatic nitrogens is 1. The predicted octanol–water partition coefficient (Wildman–Crippen LogP) is 4.00. The Morgan fingerprint density at radius 2 is 1.77 bits per heavy atom. The maximum Gasteiger partial charge on any atom is 0.341 e. The van der Waals surface area contributed by atoms with Crippen LogP contribution in [0.5, 0.6) is 5.75 Å². The standard InChI is InChI=1S/C25H31N3O3/c29-24-22-19-26-12-9-23(22)25(31-24)10-16-28(17-11-25)20-5-7-21(8-6-20)30-18-4-15-27-13-2-1-3-14-27/h5-9,12,19H,1-4,10-11,13-18H2. The monoisotopic (exact) mass is 421 g/mol. The second-order valence-corrected chi connectivity index (χ2v) is 8.89. The number of pyridine rings is 1. The molecule has 1 aromatic heterocycles. The average Bonchev–Trinajstić information content (AvgIpc) is 3.10. The fourth-order valence-electron chi connectivity index (χ4n) is 5.15. The van der Waals surface area contributed by atoms with Crippen molar-refractivity contribution in [1.29, 1.82) is 0 Å². The van der Waals surface area contributed by atoms with Crippen molar-refractivity contribution in [2.45, 2.75) is 44.1 Å². The van der Waals surface area contributed by atoms with Gasteiger partial charge in [0.2, 0.25) is 0 Å². The third-order valence-corrected chi connectivity index (χ3v) is 6.93. The van der Waals surface area contributed by atoms with Gasteiger partial charge in [-0.2, -0.15) is 0 Å². The molecule has 6 heteroatoms. The number of esters is 1. The van der Waals surface area contributed by atoms with E-state index in [4.69, 9.17) is 9.47 Å². The Hall–Kier alpha value is -2.60. The molecule has 164 valence electrons. The van der Waals surface area contributed by atoms with Gasteiger partial charge in [0.15, 0.2) is 0 Å². The highest BCUT2D eigenvalue weighted by Gasteiger charge is 2.47. The number of carbonyl (C=O) groups excluding carboxylic acids is 1. The van der Waals surface area contributed by atoms with Crippen LogP contribution in [0.4, 0.5) is 5.69 Å². The normalized spacial score (nSPS) is 20.5. The molecule has 2 aromatic rings. The van der Waals surface area contributed by atoms with Crippen LogP contribution in [0, 0.1) is 0 Å². The van der Waals surface area contributed by atoms with E-state index in [2.05, 4.69) is 39.0 Å². The second kappa shape index (κ2) is 8.87. The van der Waals surface area contributed by atoms with Gasteiger partial charge in [0, 0.05) is 56.1 Å². The van der Waals surface area contributed by atoms with Gasteiger partial charge >= 0.3 is 5.97 Å². The van der Waals surface area contributed by atoms with Crippen LogP contribution < -0.4 is 9.64 Å². The van der Waals surface area contributed by atoms with Crippen molar-refractivity contribution in [3.63, 3.8) is 0 Å². The maximum absolute atomic E-state index is 12.2. The molecular formula is C25H31N3O3. The summed E-state index contributed by atoms with van der Waals surface area (Å²) in [4.78, 5) is 21.2. The van der Waals surface area contributed by atoms with Crippen molar-refractivity contribution in [2.75, 3.05) is 44.2 Å². The maximum atomic E-state index is 12.2. The molecule has 2 fully saturated rings. The number of fused-ring (bicyclic) bond motifs is 2. The van der Waals surface area contributed by atoms with Gasteiger partial charge in [0.1, 0.15) is 11.4 Å². The van der Waals surface area contributed by atoms with Crippen LogP contribution in [0.25, 0.3) is 0 Å². The van der Waals surface area contributed by atoms with E-state index in [1.807, 2.05) is 6.07 Å². The zero-order valence-corrected chi connectivity index (χ0v) is 18.1. The molecular weight excluding hydrogens is 390 g/mol. The molecule has 3 aliphatic heterocycles. The van der Waals surface area contributed by atoms with E-state index in [0.717, 1.165) is 56.8 Å². The fraction of sp³-hybridized carbons (Fsp3) is 0.520. The van der Waals surface area contributed by atoms with E-state index in [9.17, 15) is 4.79 Å². The quantitative estimate of drug-likeness (QED) is 0.519. The number of likely N-dealkylation sites (tertiary alicyclic amines) is 1. The molecule has 2 saturated heterocycles. The first-order valence-corrected chi connectivity index (χ1v) is 11.6. The molecule has 0 aliphatic carbocycles. The van der Waals surface area contributed by atoms with Gasteiger partial charge < -0.3 is 19.3 Å². The van der Waals surface area contributed by atoms with Crippen molar-refractivity contribution >= 4 is 11.7 Å². The number of hydrogen-bond acceptors (Lipinski definition) is 6. The van der Waals surface area contributed by atoms with Gasteiger partial charge in [0.05, 0.1) is 12.2 Å². The zero-order chi connectivity index (χ0) is 21.1. The van der Waals surface area contributed by atoms with E-state index in [-0.39, 0.29) is 5.97 Å². The lowest BCUT2D eigenvalue weighted by Gasteiger charge is -2.39. The molecule has 31 heavy (non-hydrogen) atoms. The second-order valence-electron chi connectivity index (χ2n) is 8.89. The topological polar surface area (TPSA) is 54.9 Å². The van der Waals surface area contributed by atoms with E-state index >= 15 is 0 Å². The molecule has 3 aliphatic rings. The lowest BCUT2D eigenvalue weighted by Crippen LogP contribution is -2.42. The number of anilines is 1. The van der Waals surface area contributed by atoms with Gasteiger partial charge in [-0.15, -0.1) is 0 Å². The molecule has 0 atom stereocenters. The minimum Gasteiger partial charge on any atom is -0.494 e. The van der Waals surface area contributed by atoms with Crippen LogP contribution in [-0.2, 0) is 10.3 Å². The Bertz CT molecular complexity index is 900. The Morgan fingerprint density at radius 3 is 2.55 bits per heavy atom. The van der Waals surface area contributed by atoms with Crippen molar-refractivity contribution in [2.24, 2.45) is 0 Å². The molecule has 1 spiro atoms. The summed E-state index contributed by atoms with van der Waals surface area (Å²) >= 11 is 0. The summed E-state index contributed by atoms with van der Waals surface area (Å²) < 4.78 is 11.8. The van der Waals surface area contributed by atoms with Crippen LogP contribution in [0.2, 0.25) is 0 Å². The Labute approximate surface area is 184 Å². The zero-order valence-electron chi connectivity index (χ0n) is 18.1. The highest BCUT2D eigenvalue weighted by atomic mass is 16.6. The first kappa shape index (κ1) is 20.3. The van der Waals surface area contributed by atoms with Gasteiger partial charge in [-0.05, 0) is 62.7 Å². The van der Waals surface area contributed by atoms with Crippen LogP contribution in [0.3, 0.4) is 0 Å². The Balaban J connectivity index is 1.12. The average molecular weight is 422 g/mol. The number of hydrogen-bond donors (Lipinski definition) is 0. The molecule has 0 amide bonds. The number of piperidine rings is 2. The number of benzene rings is 1. The summed E-state index contributed by atoms with van der Waals surface area (Å²) in [6.07, 6.45) is 10.1. The third kappa shape index (κ3) is 4.26. The van der Waals surface area contributed by atoms with Gasteiger partial charge in [-0.3, -0.25) is 4.98 Å². The number of rotatable bonds is 6. The minimum atomic E-state index is -0.483. The first-order valence-electron chi connectivity index (χ1n) is 11.6. The smallest absolute Gasteiger partial charge is 0.341 e. The van der Waals surface area contributed by atoms with E-state index in [1.165, 1.54) is 38.0 Å². The molecule has 0 unspecified atom stereocenters. The summed E-state index contributed by atoms with van der Waals surface area (Å²) in [5.74, 6) is 0.695. The third-order valence-electron chi connectivity index (χ3n) is 6.93. The molecule has 5 rings (SSSR count). The molecule has 0 radical (unpaired) electrons. The highest BCUT2D eigenvalue weighted by molar-refractivity contribution is 5.94. The lowest BCUT2D eigenvalue weighted by atomic mass is 9.84. The number of carbonyl (C=O) groups is 1. The largest absolute Gasteiger partial charge is 0.494 e. The van der Waals surface area contributed by atoms with Crippen molar-refractivity contribution in [3.05, 3.63) is 53.9 Å². The summed E-state index contributed by atoms with van der Waals surface area (Å²) in [6.45, 7) is 6.09. The van der Waals surface area contributed by atoms with E-state index in [0.29, 0.717) is 5.56 Å². The summed E-state index contributed by atoms with van der Waals surface area (Å²) in [7, 11) is 0. The van der Waals surface area contributed by atoms with E-state index < -0.39 is 5.60 Å².